The average molecular weight is 302 g/mol. The van der Waals surface area contributed by atoms with Gasteiger partial charge in [0.05, 0.1) is 20.3 Å². The summed E-state index contributed by atoms with van der Waals surface area (Å²) in [7, 11) is 1.61. The summed E-state index contributed by atoms with van der Waals surface area (Å²) in [5, 5.41) is 9.04. The van der Waals surface area contributed by atoms with Crippen molar-refractivity contribution in [3.63, 3.8) is 0 Å². The van der Waals surface area contributed by atoms with Crippen LogP contribution in [0, 0.1) is 0 Å². The number of carbonyl (C=O) groups is 1. The van der Waals surface area contributed by atoms with E-state index in [0.29, 0.717) is 25.4 Å². The lowest BCUT2D eigenvalue weighted by atomic mass is 10.2. The Bertz CT molecular complexity index is 607. The van der Waals surface area contributed by atoms with Crippen LogP contribution in [0.3, 0.4) is 0 Å². The van der Waals surface area contributed by atoms with Crippen molar-refractivity contribution >= 4 is 5.97 Å². The monoisotopic (exact) mass is 302 g/mol. The van der Waals surface area contributed by atoms with E-state index >= 15 is 0 Å². The lowest BCUT2D eigenvalue weighted by molar-refractivity contribution is 0.0692. The quantitative estimate of drug-likeness (QED) is 0.758. The minimum Gasteiger partial charge on any atom is -0.497 e. The summed E-state index contributed by atoms with van der Waals surface area (Å²) in [4.78, 5) is 11.0. The molecule has 0 radical (unpaired) electrons. The van der Waals surface area contributed by atoms with Crippen molar-refractivity contribution in [2.75, 3.05) is 20.3 Å². The van der Waals surface area contributed by atoms with E-state index in [0.717, 1.165) is 11.5 Å². The van der Waals surface area contributed by atoms with Crippen molar-refractivity contribution < 1.29 is 24.1 Å². The fraction of sp³-hybridized carbons (Fsp3) is 0.235. The molecule has 5 heteroatoms. The second-order valence-electron chi connectivity index (χ2n) is 4.53. The lowest BCUT2D eigenvalue weighted by Gasteiger charge is -2.10. The van der Waals surface area contributed by atoms with E-state index < -0.39 is 5.97 Å². The van der Waals surface area contributed by atoms with Gasteiger partial charge < -0.3 is 19.3 Å². The zero-order valence-corrected chi connectivity index (χ0v) is 12.3. The van der Waals surface area contributed by atoms with Crippen LogP contribution in [-0.4, -0.2) is 31.4 Å². The van der Waals surface area contributed by atoms with Crippen molar-refractivity contribution in [2.45, 2.75) is 6.42 Å². The van der Waals surface area contributed by atoms with Crippen LogP contribution in [-0.2, 0) is 0 Å². The van der Waals surface area contributed by atoms with Crippen LogP contribution in [0.2, 0.25) is 0 Å². The number of carboxylic acids is 1. The largest absolute Gasteiger partial charge is 0.497 e. The lowest BCUT2D eigenvalue weighted by Crippen LogP contribution is -2.07. The summed E-state index contributed by atoms with van der Waals surface area (Å²) >= 11 is 0. The molecule has 0 saturated heterocycles. The highest BCUT2D eigenvalue weighted by atomic mass is 16.5. The summed E-state index contributed by atoms with van der Waals surface area (Å²) in [5.74, 6) is 0.914. The van der Waals surface area contributed by atoms with Gasteiger partial charge in [0.25, 0.3) is 0 Å². The maximum atomic E-state index is 11.0. The van der Waals surface area contributed by atoms with E-state index in [-0.39, 0.29) is 5.56 Å². The highest BCUT2D eigenvalue weighted by Gasteiger charge is 2.09. The topological polar surface area (TPSA) is 65.0 Å². The van der Waals surface area contributed by atoms with Crippen molar-refractivity contribution in [2.24, 2.45) is 0 Å². The normalized spacial score (nSPS) is 10.0. The van der Waals surface area contributed by atoms with Crippen LogP contribution in [0.5, 0.6) is 17.2 Å². The summed E-state index contributed by atoms with van der Waals surface area (Å²) in [6.45, 7) is 0.877. The SMILES string of the molecule is COc1ccc(OCCCOc2ccccc2C(=O)O)cc1. The summed E-state index contributed by atoms with van der Waals surface area (Å²) in [5.41, 5.74) is 0.165. The third-order valence-corrected chi connectivity index (χ3v) is 2.99. The minimum atomic E-state index is -0.995. The number of para-hydroxylation sites is 1. The van der Waals surface area contributed by atoms with E-state index in [1.807, 2.05) is 24.3 Å². The first kappa shape index (κ1) is 15.7. The number of benzene rings is 2. The highest BCUT2D eigenvalue weighted by Crippen LogP contribution is 2.19. The van der Waals surface area contributed by atoms with Gasteiger partial charge in [0.15, 0.2) is 0 Å². The second kappa shape index (κ2) is 7.93. The van der Waals surface area contributed by atoms with Gasteiger partial charge in [-0.2, -0.15) is 0 Å². The summed E-state index contributed by atoms with van der Waals surface area (Å²) in [6, 6.07) is 13.9. The van der Waals surface area contributed by atoms with E-state index in [1.165, 1.54) is 6.07 Å². The molecule has 0 spiro atoms. The molecule has 0 fully saturated rings. The number of aromatic carboxylic acids is 1. The van der Waals surface area contributed by atoms with Crippen LogP contribution >= 0.6 is 0 Å². The molecular weight excluding hydrogens is 284 g/mol. The molecule has 1 N–H and O–H groups in total. The van der Waals surface area contributed by atoms with Crippen molar-refractivity contribution in [1.29, 1.82) is 0 Å². The maximum absolute atomic E-state index is 11.0. The van der Waals surface area contributed by atoms with Gasteiger partial charge in [0.1, 0.15) is 22.8 Å². The Balaban J connectivity index is 1.74. The van der Waals surface area contributed by atoms with Gasteiger partial charge in [-0.15, -0.1) is 0 Å². The predicted octanol–water partition coefficient (Wildman–Crippen LogP) is 3.24. The van der Waals surface area contributed by atoms with Gasteiger partial charge in [0.2, 0.25) is 0 Å². The Morgan fingerprint density at radius 1 is 0.955 bits per heavy atom. The molecule has 0 aromatic heterocycles. The van der Waals surface area contributed by atoms with Crippen molar-refractivity contribution in [3.05, 3.63) is 54.1 Å². The maximum Gasteiger partial charge on any atom is 0.339 e. The summed E-state index contributed by atoms with van der Waals surface area (Å²) < 4.78 is 16.1. The van der Waals surface area contributed by atoms with E-state index in [2.05, 4.69) is 0 Å². The fourth-order valence-corrected chi connectivity index (χ4v) is 1.87. The fourth-order valence-electron chi connectivity index (χ4n) is 1.87. The molecule has 2 aromatic rings. The molecule has 2 aromatic carbocycles. The molecule has 0 saturated carbocycles. The van der Waals surface area contributed by atoms with E-state index in [1.54, 1.807) is 25.3 Å². The third kappa shape index (κ3) is 4.41. The number of ether oxygens (including phenoxy) is 3. The molecular formula is C17H18O5. The smallest absolute Gasteiger partial charge is 0.339 e. The molecule has 5 nitrogen and oxygen atoms in total. The summed E-state index contributed by atoms with van der Waals surface area (Å²) in [6.07, 6.45) is 0.653. The zero-order valence-electron chi connectivity index (χ0n) is 12.3. The first-order chi connectivity index (χ1) is 10.7. The number of hydrogen-bond donors (Lipinski definition) is 1. The number of carboxylic acid groups (broad SMARTS) is 1. The number of methoxy groups -OCH3 is 1. The van der Waals surface area contributed by atoms with Gasteiger partial charge in [0, 0.05) is 6.42 Å². The predicted molar refractivity (Wildman–Crippen MR) is 82.0 cm³/mol. The first-order valence-electron chi connectivity index (χ1n) is 6.92. The average Bonchev–Trinajstić information content (AvgIpc) is 2.55. The Morgan fingerprint density at radius 3 is 2.27 bits per heavy atom. The molecule has 0 heterocycles. The number of rotatable bonds is 8. The van der Waals surface area contributed by atoms with Crippen LogP contribution in [0.15, 0.2) is 48.5 Å². The number of hydrogen-bond acceptors (Lipinski definition) is 4. The molecule has 0 aliphatic rings. The van der Waals surface area contributed by atoms with E-state index in [9.17, 15) is 4.79 Å². The Labute approximate surface area is 129 Å². The highest BCUT2D eigenvalue weighted by molar-refractivity contribution is 5.90. The third-order valence-electron chi connectivity index (χ3n) is 2.99. The standard InChI is InChI=1S/C17H18O5/c1-20-13-7-9-14(10-8-13)21-11-4-12-22-16-6-3-2-5-15(16)17(18)19/h2-3,5-10H,4,11-12H2,1H3,(H,18,19). The van der Waals surface area contributed by atoms with Crippen molar-refractivity contribution in [1.82, 2.24) is 0 Å². The molecule has 0 amide bonds. The van der Waals surface area contributed by atoms with Crippen LogP contribution < -0.4 is 14.2 Å². The Hall–Kier alpha value is -2.69. The van der Waals surface area contributed by atoms with Crippen LogP contribution in [0.1, 0.15) is 16.8 Å². The Morgan fingerprint density at radius 2 is 1.59 bits per heavy atom. The van der Waals surface area contributed by atoms with Gasteiger partial charge in [-0.05, 0) is 36.4 Å². The molecule has 0 aliphatic carbocycles. The molecule has 2 rings (SSSR count). The molecule has 0 atom stereocenters. The molecule has 116 valence electrons. The van der Waals surface area contributed by atoms with Crippen LogP contribution in [0.25, 0.3) is 0 Å². The molecule has 22 heavy (non-hydrogen) atoms. The minimum absolute atomic E-state index is 0.165. The van der Waals surface area contributed by atoms with Gasteiger partial charge in [-0.1, -0.05) is 12.1 Å². The molecule has 0 aliphatic heterocycles. The van der Waals surface area contributed by atoms with Crippen LogP contribution in [0.4, 0.5) is 0 Å². The second-order valence-corrected chi connectivity index (χ2v) is 4.53. The zero-order chi connectivity index (χ0) is 15.8. The molecule has 0 unspecified atom stereocenters. The van der Waals surface area contributed by atoms with E-state index in [4.69, 9.17) is 19.3 Å². The van der Waals surface area contributed by atoms with Gasteiger partial charge >= 0.3 is 5.97 Å². The first-order valence-corrected chi connectivity index (χ1v) is 6.92. The van der Waals surface area contributed by atoms with Crippen molar-refractivity contribution in [3.8, 4) is 17.2 Å². The van der Waals surface area contributed by atoms with Gasteiger partial charge in [-0.25, -0.2) is 4.79 Å². The van der Waals surface area contributed by atoms with Gasteiger partial charge in [-0.3, -0.25) is 0 Å². The Kier molecular flexibility index (Phi) is 5.65. The molecule has 0 bridgehead atoms.